The second-order valence-electron chi connectivity index (χ2n) is 4.80. The zero-order valence-corrected chi connectivity index (χ0v) is 11.5. The van der Waals surface area contributed by atoms with Crippen molar-refractivity contribution >= 4 is 12.2 Å². The van der Waals surface area contributed by atoms with E-state index in [1.54, 1.807) is 0 Å². The fraction of sp³-hybridized carbons (Fsp3) is 0.429. The number of carbonyl (C=O) groups is 2. The van der Waals surface area contributed by atoms with Gasteiger partial charge in [-0.2, -0.15) is 0 Å². The van der Waals surface area contributed by atoms with Crippen LogP contribution in [0.3, 0.4) is 0 Å². The first-order valence-corrected chi connectivity index (χ1v) is 6.68. The Morgan fingerprint density at radius 1 is 1.24 bits per heavy atom. The lowest BCUT2D eigenvalue weighted by Crippen LogP contribution is -2.57. The van der Waals surface area contributed by atoms with E-state index >= 15 is 0 Å². The zero-order chi connectivity index (χ0) is 15.2. The molecular weight excluding hydrogens is 276 g/mol. The van der Waals surface area contributed by atoms with Crippen molar-refractivity contribution in [3.63, 3.8) is 0 Å². The van der Waals surface area contributed by atoms with Crippen LogP contribution in [0.1, 0.15) is 5.56 Å². The van der Waals surface area contributed by atoms with Crippen molar-refractivity contribution in [3.05, 3.63) is 35.9 Å². The van der Waals surface area contributed by atoms with E-state index in [-0.39, 0.29) is 32.8 Å². The summed E-state index contributed by atoms with van der Waals surface area (Å²) in [6.07, 6.45) is -1.59. The van der Waals surface area contributed by atoms with Crippen molar-refractivity contribution in [1.82, 2.24) is 9.80 Å². The minimum Gasteiger partial charge on any atom is -0.465 e. The van der Waals surface area contributed by atoms with Gasteiger partial charge in [-0.15, -0.1) is 0 Å². The van der Waals surface area contributed by atoms with Gasteiger partial charge in [0.25, 0.3) is 0 Å². The number of ether oxygens (including phenoxy) is 1. The molecule has 114 valence electrons. The summed E-state index contributed by atoms with van der Waals surface area (Å²) in [7, 11) is 0. The van der Waals surface area contributed by atoms with Crippen LogP contribution in [0.25, 0.3) is 0 Å². The Bertz CT molecular complexity index is 493. The Morgan fingerprint density at radius 2 is 1.95 bits per heavy atom. The first-order chi connectivity index (χ1) is 10.1. The molecule has 2 rings (SSSR count). The summed E-state index contributed by atoms with van der Waals surface area (Å²) in [5.41, 5.74) is 0.883. The number of amides is 2. The van der Waals surface area contributed by atoms with Gasteiger partial charge in [0.15, 0.2) is 0 Å². The van der Waals surface area contributed by atoms with Gasteiger partial charge in [-0.1, -0.05) is 30.3 Å². The van der Waals surface area contributed by atoms with Gasteiger partial charge in [0, 0.05) is 19.6 Å². The van der Waals surface area contributed by atoms with Gasteiger partial charge in [0.2, 0.25) is 0 Å². The third-order valence-corrected chi connectivity index (χ3v) is 3.40. The highest BCUT2D eigenvalue weighted by molar-refractivity contribution is 5.69. The predicted octanol–water partition coefficient (Wildman–Crippen LogP) is 0.980. The summed E-state index contributed by atoms with van der Waals surface area (Å²) in [4.78, 5) is 25.5. The van der Waals surface area contributed by atoms with E-state index in [4.69, 9.17) is 9.84 Å². The lowest BCUT2D eigenvalue weighted by molar-refractivity contribution is 0.0299. The molecule has 1 atom stereocenters. The van der Waals surface area contributed by atoms with Crippen LogP contribution in [0, 0.1) is 0 Å². The number of carboxylic acid groups (broad SMARTS) is 1. The number of benzene rings is 1. The highest BCUT2D eigenvalue weighted by atomic mass is 16.6. The molecule has 1 heterocycles. The Balaban J connectivity index is 1.87. The molecule has 0 bridgehead atoms. The molecule has 1 aromatic carbocycles. The highest BCUT2D eigenvalue weighted by Crippen LogP contribution is 2.12. The van der Waals surface area contributed by atoms with E-state index in [1.165, 1.54) is 4.90 Å². The minimum atomic E-state index is -1.09. The summed E-state index contributed by atoms with van der Waals surface area (Å²) in [6, 6.07) is 8.69. The van der Waals surface area contributed by atoms with Crippen LogP contribution in [-0.2, 0) is 11.3 Å². The number of rotatable bonds is 3. The molecular formula is C14H18N2O5. The van der Waals surface area contributed by atoms with Gasteiger partial charge >= 0.3 is 12.2 Å². The van der Waals surface area contributed by atoms with Gasteiger partial charge < -0.3 is 19.8 Å². The Morgan fingerprint density at radius 3 is 2.57 bits per heavy atom. The maximum Gasteiger partial charge on any atom is 0.410 e. The van der Waals surface area contributed by atoms with Crippen LogP contribution in [0.5, 0.6) is 0 Å². The first kappa shape index (κ1) is 15.1. The minimum absolute atomic E-state index is 0.135. The number of hydrogen-bond acceptors (Lipinski definition) is 4. The van der Waals surface area contributed by atoms with Crippen LogP contribution in [0.2, 0.25) is 0 Å². The molecule has 0 aliphatic carbocycles. The molecule has 0 aromatic heterocycles. The first-order valence-electron chi connectivity index (χ1n) is 6.68. The number of carbonyl (C=O) groups excluding carboxylic acids is 1. The molecule has 0 unspecified atom stereocenters. The molecule has 1 aromatic rings. The molecule has 1 aliphatic heterocycles. The predicted molar refractivity (Wildman–Crippen MR) is 73.8 cm³/mol. The molecule has 2 amide bonds. The number of nitrogens with zero attached hydrogens (tertiary/aromatic N) is 2. The lowest BCUT2D eigenvalue weighted by atomic mass is 10.2. The highest BCUT2D eigenvalue weighted by Gasteiger charge is 2.32. The molecule has 0 radical (unpaired) electrons. The summed E-state index contributed by atoms with van der Waals surface area (Å²) in [6.45, 7) is 0.408. The zero-order valence-electron chi connectivity index (χ0n) is 11.5. The summed E-state index contributed by atoms with van der Waals surface area (Å²) in [5.74, 6) is 0. The molecule has 7 nitrogen and oxygen atoms in total. The van der Waals surface area contributed by atoms with Crippen LogP contribution < -0.4 is 0 Å². The molecule has 1 saturated heterocycles. The number of piperazine rings is 1. The van der Waals surface area contributed by atoms with E-state index in [1.807, 2.05) is 30.3 Å². The van der Waals surface area contributed by atoms with Gasteiger partial charge in [-0.3, -0.25) is 4.90 Å². The molecule has 21 heavy (non-hydrogen) atoms. The summed E-state index contributed by atoms with van der Waals surface area (Å²) in [5, 5.41) is 18.2. The summed E-state index contributed by atoms with van der Waals surface area (Å²) < 4.78 is 5.20. The van der Waals surface area contributed by atoms with Crippen LogP contribution >= 0.6 is 0 Å². The van der Waals surface area contributed by atoms with Crippen molar-refractivity contribution in [2.24, 2.45) is 0 Å². The maximum atomic E-state index is 12.0. The lowest BCUT2D eigenvalue weighted by Gasteiger charge is -2.38. The van der Waals surface area contributed by atoms with E-state index in [9.17, 15) is 14.7 Å². The molecule has 2 N–H and O–H groups in total. The van der Waals surface area contributed by atoms with Crippen molar-refractivity contribution in [2.45, 2.75) is 12.6 Å². The Hall–Kier alpha value is -2.28. The van der Waals surface area contributed by atoms with Crippen molar-refractivity contribution in [2.75, 3.05) is 26.2 Å². The Kier molecular flexibility index (Phi) is 4.99. The largest absolute Gasteiger partial charge is 0.465 e. The standard InChI is InChI=1S/C14H18N2O5/c17-9-12-8-15(6-7-16(12)13(18)19)14(20)21-10-11-4-2-1-3-5-11/h1-5,12,17H,6-10H2,(H,18,19)/t12-/m1/s1. The molecule has 1 aliphatic rings. The second kappa shape index (κ2) is 6.94. The monoisotopic (exact) mass is 294 g/mol. The summed E-state index contributed by atoms with van der Waals surface area (Å²) >= 11 is 0. The van der Waals surface area contributed by atoms with E-state index in [0.717, 1.165) is 10.5 Å². The third kappa shape index (κ3) is 3.85. The maximum absolute atomic E-state index is 12.0. The fourth-order valence-electron chi connectivity index (χ4n) is 2.24. The number of hydrogen-bond donors (Lipinski definition) is 2. The smallest absolute Gasteiger partial charge is 0.410 e. The third-order valence-electron chi connectivity index (χ3n) is 3.40. The van der Waals surface area contributed by atoms with Crippen LogP contribution in [-0.4, -0.2) is 64.5 Å². The van der Waals surface area contributed by atoms with Crippen molar-refractivity contribution in [1.29, 1.82) is 0 Å². The number of aliphatic hydroxyl groups is 1. The van der Waals surface area contributed by atoms with Crippen molar-refractivity contribution in [3.8, 4) is 0 Å². The van der Waals surface area contributed by atoms with E-state index < -0.39 is 18.2 Å². The molecule has 7 heteroatoms. The fourth-order valence-corrected chi connectivity index (χ4v) is 2.24. The average Bonchev–Trinajstić information content (AvgIpc) is 2.52. The van der Waals surface area contributed by atoms with Gasteiger partial charge in [-0.05, 0) is 5.56 Å². The van der Waals surface area contributed by atoms with E-state index in [2.05, 4.69) is 0 Å². The van der Waals surface area contributed by atoms with Gasteiger partial charge in [-0.25, -0.2) is 9.59 Å². The van der Waals surface area contributed by atoms with Crippen LogP contribution in [0.4, 0.5) is 9.59 Å². The van der Waals surface area contributed by atoms with Gasteiger partial charge in [0.05, 0.1) is 12.6 Å². The normalized spacial score (nSPS) is 18.4. The molecule has 0 saturated carbocycles. The second-order valence-corrected chi connectivity index (χ2v) is 4.80. The van der Waals surface area contributed by atoms with E-state index in [0.29, 0.717) is 0 Å². The van der Waals surface area contributed by atoms with Crippen molar-refractivity contribution < 1.29 is 24.5 Å². The average molecular weight is 294 g/mol. The van der Waals surface area contributed by atoms with Gasteiger partial charge in [0.1, 0.15) is 6.61 Å². The topological polar surface area (TPSA) is 90.3 Å². The molecule has 1 fully saturated rings. The number of aliphatic hydroxyl groups excluding tert-OH is 1. The van der Waals surface area contributed by atoms with Crippen LogP contribution in [0.15, 0.2) is 30.3 Å². The quantitative estimate of drug-likeness (QED) is 0.867. The SMILES string of the molecule is O=C(OCc1ccccc1)N1CCN(C(=O)O)[C@@H](CO)C1. The Labute approximate surface area is 122 Å². The molecule has 0 spiro atoms.